The highest BCUT2D eigenvalue weighted by Crippen LogP contribution is 2.43. The molecule has 126 valence electrons. The third-order valence-corrected chi connectivity index (χ3v) is 5.47. The Bertz CT molecular complexity index is 775. The van der Waals surface area contributed by atoms with E-state index in [0.717, 1.165) is 10.0 Å². The number of carbonyl (C=O) groups excluding carboxylic acids is 2. The van der Waals surface area contributed by atoms with Crippen molar-refractivity contribution >= 4 is 44.7 Å². The van der Waals surface area contributed by atoms with Gasteiger partial charge in [0.05, 0.1) is 29.2 Å². The molecular formula is C17H17BrN2O3S. The lowest BCUT2D eigenvalue weighted by Gasteiger charge is -2.33. The van der Waals surface area contributed by atoms with Gasteiger partial charge in [-0.15, -0.1) is 0 Å². The van der Waals surface area contributed by atoms with Gasteiger partial charge in [-0.2, -0.15) is 0 Å². The molecule has 0 radical (unpaired) electrons. The molecule has 3 rings (SSSR count). The fourth-order valence-electron chi connectivity index (χ4n) is 2.86. The molecule has 1 fully saturated rings. The summed E-state index contributed by atoms with van der Waals surface area (Å²) >= 11 is 4.88. The molecule has 0 unspecified atom stereocenters. The average molecular weight is 409 g/mol. The van der Waals surface area contributed by atoms with Crippen molar-refractivity contribution in [3.05, 3.63) is 45.6 Å². The molecule has 0 bridgehead atoms. The molecule has 2 aliphatic rings. The van der Waals surface area contributed by atoms with Crippen LogP contribution in [0.25, 0.3) is 0 Å². The smallest absolute Gasteiger partial charge is 0.338 e. The molecule has 2 aliphatic heterocycles. The van der Waals surface area contributed by atoms with Crippen LogP contribution in [0.3, 0.4) is 0 Å². The molecule has 24 heavy (non-hydrogen) atoms. The van der Waals surface area contributed by atoms with Crippen molar-refractivity contribution in [3.8, 4) is 0 Å². The second kappa shape index (κ2) is 6.72. The van der Waals surface area contributed by atoms with Crippen molar-refractivity contribution in [1.29, 1.82) is 0 Å². The summed E-state index contributed by atoms with van der Waals surface area (Å²) in [5.41, 5.74) is 1.86. The van der Waals surface area contributed by atoms with Gasteiger partial charge in [-0.3, -0.25) is 9.69 Å². The molecule has 1 saturated heterocycles. The number of amides is 1. The number of halogens is 1. The third kappa shape index (κ3) is 2.91. The van der Waals surface area contributed by atoms with Crippen LogP contribution < -0.4 is 0 Å². The number of ether oxygens (including phenoxy) is 1. The van der Waals surface area contributed by atoms with E-state index >= 15 is 0 Å². The van der Waals surface area contributed by atoms with Crippen LogP contribution in [-0.4, -0.2) is 33.8 Å². The van der Waals surface area contributed by atoms with Gasteiger partial charge in [-0.25, -0.2) is 9.79 Å². The monoisotopic (exact) mass is 408 g/mol. The lowest BCUT2D eigenvalue weighted by molar-refractivity contribution is -0.139. The summed E-state index contributed by atoms with van der Waals surface area (Å²) in [5.74, 6) is -0.474. The van der Waals surface area contributed by atoms with Crippen LogP contribution in [0.1, 0.15) is 32.4 Å². The minimum Gasteiger partial charge on any atom is -0.463 e. The van der Waals surface area contributed by atoms with Crippen LogP contribution >= 0.6 is 27.7 Å². The Morgan fingerprint density at radius 3 is 2.88 bits per heavy atom. The number of thioether (sulfide) groups is 1. The first kappa shape index (κ1) is 17.2. The molecule has 2 heterocycles. The van der Waals surface area contributed by atoms with Crippen molar-refractivity contribution < 1.29 is 14.3 Å². The number of amidine groups is 1. The minimum atomic E-state index is -0.515. The summed E-state index contributed by atoms with van der Waals surface area (Å²) in [6.45, 7) is 5.68. The van der Waals surface area contributed by atoms with Gasteiger partial charge in [0, 0.05) is 4.47 Å². The van der Waals surface area contributed by atoms with E-state index in [1.54, 1.807) is 18.7 Å². The number of hydrogen-bond acceptors (Lipinski definition) is 5. The lowest BCUT2D eigenvalue weighted by atomic mass is 9.94. The number of carbonyl (C=O) groups is 2. The van der Waals surface area contributed by atoms with Crippen molar-refractivity contribution in [2.75, 3.05) is 6.61 Å². The lowest BCUT2D eigenvalue weighted by Crippen LogP contribution is -2.40. The summed E-state index contributed by atoms with van der Waals surface area (Å²) in [6.07, 6.45) is 0. The van der Waals surface area contributed by atoms with Crippen molar-refractivity contribution in [2.45, 2.75) is 32.1 Å². The van der Waals surface area contributed by atoms with Crippen LogP contribution in [0.5, 0.6) is 0 Å². The topological polar surface area (TPSA) is 59.0 Å². The van der Waals surface area contributed by atoms with E-state index in [1.807, 2.05) is 31.2 Å². The highest BCUT2D eigenvalue weighted by atomic mass is 79.9. The molecule has 2 atom stereocenters. The van der Waals surface area contributed by atoms with E-state index in [4.69, 9.17) is 4.74 Å². The highest BCUT2D eigenvalue weighted by Gasteiger charge is 2.46. The van der Waals surface area contributed by atoms with Gasteiger partial charge in [0.15, 0.2) is 5.17 Å². The van der Waals surface area contributed by atoms with E-state index in [-0.39, 0.29) is 17.8 Å². The molecule has 1 aromatic rings. The maximum absolute atomic E-state index is 12.7. The van der Waals surface area contributed by atoms with Crippen molar-refractivity contribution in [1.82, 2.24) is 4.90 Å². The number of fused-ring (bicyclic) bond motifs is 1. The summed E-state index contributed by atoms with van der Waals surface area (Å²) in [4.78, 5) is 31.3. The molecule has 0 spiro atoms. The first-order valence-corrected chi connectivity index (χ1v) is 9.33. The quantitative estimate of drug-likeness (QED) is 0.715. The summed E-state index contributed by atoms with van der Waals surface area (Å²) in [6, 6.07) is 7.11. The number of esters is 1. The number of nitrogens with zero attached hydrogens (tertiary/aromatic N) is 2. The van der Waals surface area contributed by atoms with E-state index in [2.05, 4.69) is 20.9 Å². The van der Waals surface area contributed by atoms with Gasteiger partial charge in [0.25, 0.3) is 0 Å². The van der Waals surface area contributed by atoms with Gasteiger partial charge < -0.3 is 4.74 Å². The maximum atomic E-state index is 12.7. The van der Waals surface area contributed by atoms with Crippen LogP contribution in [0.15, 0.2) is 45.0 Å². The highest BCUT2D eigenvalue weighted by molar-refractivity contribution is 9.10. The first-order valence-electron chi connectivity index (χ1n) is 7.65. The summed E-state index contributed by atoms with van der Waals surface area (Å²) < 4.78 is 6.11. The van der Waals surface area contributed by atoms with Gasteiger partial charge in [-0.05, 0) is 38.5 Å². The predicted molar refractivity (Wildman–Crippen MR) is 97.6 cm³/mol. The zero-order chi connectivity index (χ0) is 17.4. The van der Waals surface area contributed by atoms with E-state index in [9.17, 15) is 9.59 Å². The number of rotatable bonds is 3. The Labute approximate surface area is 153 Å². The zero-order valence-corrected chi connectivity index (χ0v) is 16.0. The number of aliphatic imine (C=N–C) groups is 1. The van der Waals surface area contributed by atoms with Crippen LogP contribution in [-0.2, 0) is 14.3 Å². The van der Waals surface area contributed by atoms with Crippen LogP contribution in [0, 0.1) is 0 Å². The zero-order valence-electron chi connectivity index (χ0n) is 13.6. The Kier molecular flexibility index (Phi) is 4.83. The number of allylic oxidation sites excluding steroid dienone is 1. The summed E-state index contributed by atoms with van der Waals surface area (Å²) in [5, 5.41) is 0.427. The van der Waals surface area contributed by atoms with Gasteiger partial charge in [0.2, 0.25) is 5.91 Å². The standard InChI is InChI=1S/C17H17BrN2O3S/c1-4-23-16(22)13-9(2)19-17-20(15(21)10(3)24-17)14(13)11-6-5-7-12(18)8-11/h5-8,10,14H,4H2,1-3H3/t10-,14-/m1/s1. The number of hydrogen-bond donors (Lipinski definition) is 0. The predicted octanol–water partition coefficient (Wildman–Crippen LogP) is 3.66. The van der Waals surface area contributed by atoms with Gasteiger partial charge in [0.1, 0.15) is 0 Å². The Morgan fingerprint density at radius 2 is 2.21 bits per heavy atom. The number of benzene rings is 1. The second-order valence-corrected chi connectivity index (χ2v) is 7.76. The molecule has 1 aromatic carbocycles. The van der Waals surface area contributed by atoms with Gasteiger partial charge in [-0.1, -0.05) is 39.8 Å². The van der Waals surface area contributed by atoms with Crippen molar-refractivity contribution in [2.24, 2.45) is 4.99 Å². The molecule has 0 saturated carbocycles. The molecule has 0 aromatic heterocycles. The summed E-state index contributed by atoms with van der Waals surface area (Å²) in [7, 11) is 0. The Balaban J connectivity index is 2.16. The fourth-order valence-corrected chi connectivity index (χ4v) is 4.31. The van der Waals surface area contributed by atoms with E-state index < -0.39 is 12.0 Å². The normalized spacial score (nSPS) is 23.2. The average Bonchev–Trinajstić information content (AvgIpc) is 2.80. The SMILES string of the molecule is CCOC(=O)C1=C(C)N=C2S[C@H](C)C(=O)N2[C@@H]1c1cccc(Br)c1. The van der Waals surface area contributed by atoms with Crippen LogP contribution in [0.4, 0.5) is 0 Å². The van der Waals surface area contributed by atoms with Crippen LogP contribution in [0.2, 0.25) is 0 Å². The maximum Gasteiger partial charge on any atom is 0.338 e. The molecule has 1 amide bonds. The fraction of sp³-hybridized carbons (Fsp3) is 0.353. The molecule has 7 heteroatoms. The molecule has 0 N–H and O–H groups in total. The van der Waals surface area contributed by atoms with Crippen molar-refractivity contribution in [3.63, 3.8) is 0 Å². The Hall–Kier alpha value is -1.60. The largest absolute Gasteiger partial charge is 0.463 e. The molecule has 5 nitrogen and oxygen atoms in total. The Morgan fingerprint density at radius 1 is 1.46 bits per heavy atom. The van der Waals surface area contributed by atoms with E-state index in [0.29, 0.717) is 16.4 Å². The van der Waals surface area contributed by atoms with E-state index in [1.165, 1.54) is 11.8 Å². The van der Waals surface area contributed by atoms with Gasteiger partial charge >= 0.3 is 5.97 Å². The molecular weight excluding hydrogens is 392 g/mol. The minimum absolute atomic E-state index is 0.0435. The second-order valence-electron chi connectivity index (χ2n) is 5.54. The molecule has 0 aliphatic carbocycles. The first-order chi connectivity index (χ1) is 11.4. The third-order valence-electron chi connectivity index (χ3n) is 3.92.